The van der Waals surface area contributed by atoms with Crippen molar-refractivity contribution in [2.24, 2.45) is 0 Å². The Hall–Kier alpha value is 0.120. The number of anilines is 1. The van der Waals surface area contributed by atoms with E-state index in [-0.39, 0.29) is 0 Å². The van der Waals surface area contributed by atoms with Gasteiger partial charge in [-0.2, -0.15) is 0 Å². The molecule has 0 bridgehead atoms. The second kappa shape index (κ2) is 4.42. The summed E-state index contributed by atoms with van der Waals surface area (Å²) in [6.45, 7) is 5.62. The maximum absolute atomic E-state index is 5.91. The first-order valence-corrected chi connectivity index (χ1v) is 10.1. The summed E-state index contributed by atoms with van der Waals surface area (Å²) < 4.78 is 5.41. The number of rotatable bonds is 3. The Morgan fingerprint density at radius 2 is 1.81 bits per heavy atom. The predicted octanol–water partition coefficient (Wildman–Crippen LogP) is 5.33. The molecule has 6 heteroatoms. The molecule has 0 aromatic heterocycles. The predicted molar refractivity (Wildman–Crippen MR) is 76.0 cm³/mol. The Balaban J connectivity index is 3.09. The molecule has 0 saturated heterocycles. The van der Waals surface area contributed by atoms with Gasteiger partial charge in [0.25, 0.3) is 0 Å². The number of hydrogen-bond acceptors (Lipinski definition) is 2. The van der Waals surface area contributed by atoms with Crippen LogP contribution in [0.25, 0.3) is 0 Å². The van der Waals surface area contributed by atoms with Crippen LogP contribution in [0.5, 0.6) is 5.75 Å². The number of halogens is 3. The van der Waals surface area contributed by atoms with Crippen LogP contribution in [0.3, 0.4) is 0 Å². The molecule has 1 rings (SSSR count). The fourth-order valence-electron chi connectivity index (χ4n) is 1.20. The van der Waals surface area contributed by atoms with Crippen LogP contribution < -0.4 is 10.3 Å². The van der Waals surface area contributed by atoms with Crippen LogP contribution in [0.15, 0.2) is 18.2 Å². The quantitative estimate of drug-likeness (QED) is 0.605. The van der Waals surface area contributed by atoms with Crippen molar-refractivity contribution in [3.8, 4) is 5.75 Å². The molecule has 0 amide bonds. The molecule has 0 aliphatic carbocycles. The van der Waals surface area contributed by atoms with Gasteiger partial charge in [0.05, 0.1) is 0 Å². The third-order valence-electron chi connectivity index (χ3n) is 2.00. The van der Waals surface area contributed by atoms with Crippen LogP contribution >= 0.6 is 38.6 Å². The Labute approximate surface area is 110 Å². The second-order valence-electron chi connectivity index (χ2n) is 4.13. The maximum atomic E-state index is 5.91. The molecule has 2 N–H and O–H groups in total. The zero-order chi connectivity index (χ0) is 12.6. The van der Waals surface area contributed by atoms with Crippen molar-refractivity contribution in [1.82, 2.24) is 0 Å². The van der Waals surface area contributed by atoms with Gasteiger partial charge >= 0.3 is 110 Å². The van der Waals surface area contributed by atoms with E-state index in [1.54, 1.807) is 6.07 Å². The van der Waals surface area contributed by atoms with Crippen LogP contribution in [-0.4, -0.2) is 6.66 Å². The third-order valence-corrected chi connectivity index (χ3v) is 3.20. The first-order chi connectivity index (χ1) is 7.05. The minimum atomic E-state index is -3.61. The van der Waals surface area contributed by atoms with Gasteiger partial charge in [-0.3, -0.25) is 0 Å². The van der Waals surface area contributed by atoms with Gasteiger partial charge in [0.15, 0.2) is 0 Å². The van der Waals surface area contributed by atoms with Crippen molar-refractivity contribution < 1.29 is 4.52 Å². The van der Waals surface area contributed by atoms with E-state index in [0.29, 0.717) is 17.4 Å². The SMILES string of the molecule is CC(C)c1ccc(N)c(OP(C)(Cl)(Cl)Cl)c1. The first-order valence-electron chi connectivity index (χ1n) is 4.81. The average molecular weight is 303 g/mol. The summed E-state index contributed by atoms with van der Waals surface area (Å²) in [5, 5.41) is 0. The summed E-state index contributed by atoms with van der Waals surface area (Å²) in [5.74, 6) is 0.804. The Kier molecular flexibility index (Phi) is 3.92. The van der Waals surface area contributed by atoms with E-state index in [4.69, 9.17) is 44.0 Å². The molecule has 0 aliphatic heterocycles. The van der Waals surface area contributed by atoms with E-state index in [2.05, 4.69) is 13.8 Å². The summed E-state index contributed by atoms with van der Waals surface area (Å²) in [6, 6.07) is 5.52. The molecule has 0 atom stereocenters. The number of nitrogens with two attached hydrogens (primary N) is 1. The zero-order valence-corrected chi connectivity index (χ0v) is 12.5. The van der Waals surface area contributed by atoms with Gasteiger partial charge in [0.2, 0.25) is 0 Å². The summed E-state index contributed by atoms with van der Waals surface area (Å²) in [7, 11) is 0. The molecule has 0 unspecified atom stereocenters. The fraction of sp³-hybridized carbons (Fsp3) is 0.400. The van der Waals surface area contributed by atoms with E-state index < -0.39 is 4.89 Å². The molecule has 2 nitrogen and oxygen atoms in total. The second-order valence-corrected chi connectivity index (χ2v) is 15.4. The molecular formula is C10H15Cl3NOP. The van der Waals surface area contributed by atoms with E-state index in [1.807, 2.05) is 12.1 Å². The van der Waals surface area contributed by atoms with E-state index >= 15 is 0 Å². The fourth-order valence-corrected chi connectivity index (χ4v) is 2.45. The standard InChI is InChI=1S/C10H15Cl3NOP/c1-7(2)8-4-5-9(14)10(6-8)15-16(3,11,12)13/h4-7H,14H2,1-3H3. The molecule has 0 fully saturated rings. The molecule has 1 aromatic carbocycles. The Morgan fingerprint density at radius 1 is 1.25 bits per heavy atom. The molecule has 0 saturated carbocycles. The molecule has 0 heterocycles. The van der Waals surface area contributed by atoms with Gasteiger partial charge in [-0.1, -0.05) is 0 Å². The van der Waals surface area contributed by atoms with Crippen molar-refractivity contribution in [3.63, 3.8) is 0 Å². The third kappa shape index (κ3) is 4.55. The van der Waals surface area contributed by atoms with Crippen molar-refractivity contribution in [2.45, 2.75) is 19.8 Å². The van der Waals surface area contributed by atoms with Gasteiger partial charge < -0.3 is 0 Å². The van der Waals surface area contributed by atoms with Crippen LogP contribution in [0.4, 0.5) is 5.69 Å². The number of benzene rings is 1. The molecule has 92 valence electrons. The van der Waals surface area contributed by atoms with Gasteiger partial charge in [-0.25, -0.2) is 0 Å². The molecule has 0 spiro atoms. The van der Waals surface area contributed by atoms with Gasteiger partial charge in [0.1, 0.15) is 0 Å². The van der Waals surface area contributed by atoms with Gasteiger partial charge in [-0.15, -0.1) is 0 Å². The summed E-state index contributed by atoms with van der Waals surface area (Å²) in [5.41, 5.74) is 7.34. The van der Waals surface area contributed by atoms with Crippen molar-refractivity contribution in [2.75, 3.05) is 12.4 Å². The van der Waals surface area contributed by atoms with E-state index in [0.717, 1.165) is 5.56 Å². The van der Waals surface area contributed by atoms with Crippen LogP contribution in [0.2, 0.25) is 0 Å². The van der Waals surface area contributed by atoms with Crippen molar-refractivity contribution in [1.29, 1.82) is 0 Å². The normalized spacial score (nSPS) is 14.6. The van der Waals surface area contributed by atoms with Crippen LogP contribution in [0, 0.1) is 0 Å². The van der Waals surface area contributed by atoms with Gasteiger partial charge in [0, 0.05) is 0 Å². The summed E-state index contributed by atoms with van der Waals surface area (Å²) in [6.07, 6.45) is 0. The Bertz CT molecular complexity index is 392. The number of hydrogen-bond donors (Lipinski definition) is 1. The van der Waals surface area contributed by atoms with Crippen molar-refractivity contribution in [3.05, 3.63) is 23.8 Å². The minimum absolute atomic E-state index is 0.367. The van der Waals surface area contributed by atoms with Crippen LogP contribution in [-0.2, 0) is 0 Å². The zero-order valence-electron chi connectivity index (χ0n) is 9.38. The van der Waals surface area contributed by atoms with Crippen LogP contribution in [0.1, 0.15) is 25.3 Å². The molecular weight excluding hydrogens is 287 g/mol. The van der Waals surface area contributed by atoms with Crippen molar-refractivity contribution >= 4 is 44.3 Å². The van der Waals surface area contributed by atoms with Gasteiger partial charge in [-0.05, 0) is 0 Å². The molecule has 16 heavy (non-hydrogen) atoms. The average Bonchev–Trinajstić information content (AvgIpc) is 2.04. The van der Waals surface area contributed by atoms with E-state index in [1.165, 1.54) is 6.66 Å². The molecule has 0 radical (unpaired) electrons. The number of nitrogen functional groups attached to an aromatic ring is 1. The monoisotopic (exact) mass is 301 g/mol. The first kappa shape index (κ1) is 14.2. The summed E-state index contributed by atoms with van der Waals surface area (Å²) in [4.78, 5) is -3.61. The van der Waals surface area contributed by atoms with E-state index in [9.17, 15) is 0 Å². The topological polar surface area (TPSA) is 35.2 Å². The molecule has 0 aliphatic rings. The molecule has 1 aromatic rings. The Morgan fingerprint density at radius 3 is 2.25 bits per heavy atom. The summed E-state index contributed by atoms with van der Waals surface area (Å²) >= 11 is 17.7.